The molecule has 0 aliphatic rings. The fraction of sp³-hybridized carbons (Fsp3) is 0.269. The topological polar surface area (TPSA) is 138 Å². The molecule has 0 aliphatic carbocycles. The van der Waals surface area contributed by atoms with Crippen LogP contribution in [0.3, 0.4) is 0 Å². The van der Waals surface area contributed by atoms with Gasteiger partial charge in [-0.2, -0.15) is 13.2 Å². The summed E-state index contributed by atoms with van der Waals surface area (Å²) in [6.07, 6.45) is -3.35. The van der Waals surface area contributed by atoms with Crippen LogP contribution in [0.1, 0.15) is 23.8 Å². The number of para-hydroxylation sites is 2. The second-order valence-electron chi connectivity index (χ2n) is 9.00. The Bertz CT molecular complexity index is 1760. The number of aryl methyl sites for hydroxylation is 2. The van der Waals surface area contributed by atoms with E-state index in [1.54, 1.807) is 18.2 Å². The van der Waals surface area contributed by atoms with E-state index in [-0.39, 0.29) is 91.7 Å². The van der Waals surface area contributed by atoms with E-state index >= 15 is 0 Å². The molecule has 1 N–H and O–H groups in total. The minimum absolute atomic E-state index is 0. The summed E-state index contributed by atoms with van der Waals surface area (Å²) < 4.78 is 90.8. The molecule has 16 heteroatoms. The van der Waals surface area contributed by atoms with Crippen LogP contribution < -0.4 is 39.0 Å². The van der Waals surface area contributed by atoms with Crippen molar-refractivity contribution in [3.8, 4) is 11.5 Å². The maximum absolute atomic E-state index is 14.1. The molecule has 1 atom stereocenters. The molecule has 2 aromatic heterocycles. The number of pyridine rings is 1. The predicted octanol–water partition coefficient (Wildman–Crippen LogP) is 1.42. The minimum atomic E-state index is -4.56. The van der Waals surface area contributed by atoms with E-state index in [4.69, 9.17) is 14.6 Å². The van der Waals surface area contributed by atoms with Gasteiger partial charge in [-0.1, -0.05) is 12.1 Å². The maximum Gasteiger partial charge on any atom is 1.00 e. The van der Waals surface area contributed by atoms with Crippen molar-refractivity contribution in [1.29, 1.82) is 0 Å². The quantitative estimate of drug-likeness (QED) is 0.257. The van der Waals surface area contributed by atoms with E-state index in [1.807, 2.05) is 0 Å². The maximum atomic E-state index is 14.1. The Labute approximate surface area is 265 Å². The van der Waals surface area contributed by atoms with E-state index in [0.717, 1.165) is 3.97 Å². The molecular formula is C26H25F3N3NaO7S2. The molecule has 0 saturated carbocycles. The normalized spacial score (nSPS) is 12.5. The number of carboxylic acids is 1. The van der Waals surface area contributed by atoms with Crippen LogP contribution in [0.15, 0.2) is 58.7 Å². The average Bonchev–Trinajstić information content (AvgIpc) is 3.28. The summed E-state index contributed by atoms with van der Waals surface area (Å²) in [6, 6.07) is 10.3. The largest absolute Gasteiger partial charge is 1.00 e. The van der Waals surface area contributed by atoms with E-state index in [9.17, 15) is 30.6 Å². The number of ether oxygens (including phenoxy) is 2. The predicted molar refractivity (Wildman–Crippen MR) is 143 cm³/mol. The summed E-state index contributed by atoms with van der Waals surface area (Å²) in [6.45, 7) is 2.36. The van der Waals surface area contributed by atoms with Gasteiger partial charge in [0, 0.05) is 11.8 Å². The van der Waals surface area contributed by atoms with Gasteiger partial charge in [0.1, 0.15) is 11.5 Å². The van der Waals surface area contributed by atoms with Crippen LogP contribution >= 0.6 is 0 Å². The first kappa shape index (κ1) is 33.5. The van der Waals surface area contributed by atoms with Gasteiger partial charge in [0.15, 0.2) is 13.2 Å². The first-order valence-electron chi connectivity index (χ1n) is 11.9. The molecule has 0 bridgehead atoms. The van der Waals surface area contributed by atoms with Crippen LogP contribution in [0.25, 0.3) is 11.0 Å². The summed E-state index contributed by atoms with van der Waals surface area (Å²) in [7, 11) is -6.55. The molecule has 2 heterocycles. The number of hydrogen-bond donors (Lipinski definition) is 1. The van der Waals surface area contributed by atoms with Gasteiger partial charge >= 0.3 is 41.7 Å². The molecule has 0 aliphatic heterocycles. The van der Waals surface area contributed by atoms with Crippen LogP contribution in [0.4, 0.5) is 13.2 Å². The molecule has 42 heavy (non-hydrogen) atoms. The van der Waals surface area contributed by atoms with E-state index in [0.29, 0.717) is 0 Å². The second kappa shape index (κ2) is 13.1. The van der Waals surface area contributed by atoms with Gasteiger partial charge in [-0.05, 0) is 62.2 Å². The number of hydrogen-bond acceptors (Lipinski definition) is 8. The van der Waals surface area contributed by atoms with Crippen LogP contribution in [0.2, 0.25) is 0 Å². The number of alkyl halides is 3. The van der Waals surface area contributed by atoms with Gasteiger partial charge in [0.2, 0.25) is 5.16 Å². The van der Waals surface area contributed by atoms with Crippen LogP contribution in [0.5, 0.6) is 11.5 Å². The van der Waals surface area contributed by atoms with Gasteiger partial charge in [0.25, 0.3) is 10.0 Å². The Morgan fingerprint density at radius 2 is 1.74 bits per heavy atom. The smallest absolute Gasteiger partial charge is 1.00 e. The number of aliphatic carboxylic acids is 1. The van der Waals surface area contributed by atoms with Gasteiger partial charge in [-0.3, -0.25) is 9.19 Å². The SMILES string of the molecule is Cc1cc(OCC(=O)O)cc(C)c1S(=O)(=O)n1c(S(=O)Cc2nccc(OCC(F)(F)F)c2C)nc2ccccc21.[H-].[Na+]. The Balaban J connectivity index is 0.00000323. The first-order valence-corrected chi connectivity index (χ1v) is 14.7. The zero-order valence-electron chi connectivity index (χ0n) is 23.9. The van der Waals surface area contributed by atoms with Crippen LogP contribution in [-0.2, 0) is 31.4 Å². The monoisotopic (exact) mass is 635 g/mol. The van der Waals surface area contributed by atoms with Crippen LogP contribution in [-0.4, -0.2) is 57.0 Å². The summed E-state index contributed by atoms with van der Waals surface area (Å²) in [5, 5.41) is 8.58. The molecule has 2 aromatic carbocycles. The number of imidazole rings is 1. The van der Waals surface area contributed by atoms with Crippen molar-refractivity contribution in [1.82, 2.24) is 13.9 Å². The number of halogens is 3. The molecule has 0 radical (unpaired) electrons. The minimum Gasteiger partial charge on any atom is -1.00 e. The molecule has 220 valence electrons. The number of aromatic nitrogens is 3. The van der Waals surface area contributed by atoms with E-state index in [2.05, 4.69) is 9.97 Å². The van der Waals surface area contributed by atoms with Crippen LogP contribution in [0, 0.1) is 20.8 Å². The van der Waals surface area contributed by atoms with E-state index in [1.165, 1.54) is 51.2 Å². The van der Waals surface area contributed by atoms with E-state index < -0.39 is 46.2 Å². The Morgan fingerprint density at radius 3 is 2.36 bits per heavy atom. The van der Waals surface area contributed by atoms with Crippen molar-refractivity contribution in [3.63, 3.8) is 0 Å². The summed E-state index contributed by atoms with van der Waals surface area (Å²) in [5.74, 6) is -1.48. The molecule has 4 aromatic rings. The number of carbonyl (C=O) groups is 1. The molecule has 1 unspecified atom stereocenters. The number of fused-ring (bicyclic) bond motifs is 1. The van der Waals surface area contributed by atoms with Gasteiger partial charge in [-0.15, -0.1) is 0 Å². The van der Waals surface area contributed by atoms with Crippen molar-refractivity contribution in [3.05, 3.63) is 71.0 Å². The Morgan fingerprint density at radius 1 is 1.10 bits per heavy atom. The third-order valence-electron chi connectivity index (χ3n) is 5.91. The first-order chi connectivity index (χ1) is 19.2. The van der Waals surface area contributed by atoms with Crippen molar-refractivity contribution < 1.29 is 76.2 Å². The standard InChI is InChI=1S/C26H24F3N3O7S2.Na.H/c1-15-10-18(38-12-23(33)34)11-16(2)24(15)41(36,37)32-21-7-5-4-6-19(21)31-25(32)40(35)13-20-17(3)22(8-9-30-20)39-14-26(27,28)29;;/h4-11H,12-14H2,1-3H3,(H,33,34);;/q;+1;-1. The van der Waals surface area contributed by atoms with Gasteiger partial charge in [-0.25, -0.2) is 22.2 Å². The summed E-state index contributed by atoms with van der Waals surface area (Å²) in [4.78, 5) is 19.2. The molecule has 4 rings (SSSR count). The average molecular weight is 636 g/mol. The second-order valence-corrected chi connectivity index (χ2v) is 12.1. The van der Waals surface area contributed by atoms with Crippen molar-refractivity contribution in [2.24, 2.45) is 0 Å². The fourth-order valence-corrected chi connectivity index (χ4v) is 7.67. The molecule has 0 saturated heterocycles. The fourth-order valence-electron chi connectivity index (χ4n) is 4.20. The Kier molecular flexibility index (Phi) is 10.5. The molecule has 0 amide bonds. The molecular weight excluding hydrogens is 610 g/mol. The molecule has 0 fully saturated rings. The summed E-state index contributed by atoms with van der Waals surface area (Å²) in [5.41, 5.74) is 1.29. The molecule has 0 spiro atoms. The molecule has 10 nitrogen and oxygen atoms in total. The Hall–Kier alpha value is -2.98. The summed E-state index contributed by atoms with van der Waals surface area (Å²) >= 11 is 0. The number of rotatable bonds is 10. The van der Waals surface area contributed by atoms with Crippen molar-refractivity contribution in [2.45, 2.75) is 42.8 Å². The number of benzene rings is 2. The number of carboxylic acid groups (broad SMARTS) is 1. The third kappa shape index (κ3) is 7.32. The zero-order chi connectivity index (χ0) is 30.1. The zero-order valence-corrected chi connectivity index (χ0v) is 26.6. The van der Waals surface area contributed by atoms with Crippen molar-refractivity contribution in [2.75, 3.05) is 13.2 Å². The van der Waals surface area contributed by atoms with Gasteiger partial charge < -0.3 is 16.0 Å². The number of nitrogens with zero attached hydrogens (tertiary/aromatic N) is 3. The van der Waals surface area contributed by atoms with Gasteiger partial charge in [0.05, 0.1) is 38.2 Å². The van der Waals surface area contributed by atoms with Crippen molar-refractivity contribution >= 4 is 37.8 Å². The third-order valence-corrected chi connectivity index (χ3v) is 9.25.